The van der Waals surface area contributed by atoms with Crippen LogP contribution in [0.25, 0.3) is 0 Å². The van der Waals surface area contributed by atoms with Crippen molar-refractivity contribution in [2.75, 3.05) is 12.0 Å². The lowest BCUT2D eigenvalue weighted by Gasteiger charge is -2.25. The zero-order valence-electron chi connectivity index (χ0n) is 7.40. The summed E-state index contributed by atoms with van der Waals surface area (Å²) in [5.74, 6) is -0.741. The average Bonchev–Trinajstić information content (AvgIpc) is 1.99. The fourth-order valence-electron chi connectivity index (χ4n) is 1.00. The van der Waals surface area contributed by atoms with Crippen LogP contribution in [0.5, 0.6) is 0 Å². The van der Waals surface area contributed by atoms with Gasteiger partial charge in [0, 0.05) is 0 Å². The second-order valence-electron chi connectivity index (χ2n) is 2.88. The van der Waals surface area contributed by atoms with Crippen molar-refractivity contribution in [1.82, 2.24) is 5.32 Å². The SMILES string of the molecule is C[C@H]1OC(=O)[C@@H](C[S+](C)[O-])NC1=O. The second kappa shape index (κ2) is 3.97. The fraction of sp³-hybridized carbons (Fsp3) is 0.714. The first-order valence-corrected chi connectivity index (χ1v) is 5.54. The number of nitrogens with one attached hydrogen (secondary N) is 1. The van der Waals surface area contributed by atoms with Crippen LogP contribution in [0, 0.1) is 0 Å². The summed E-state index contributed by atoms with van der Waals surface area (Å²) in [6.07, 6.45) is 0.728. The molecular formula is C7H11NO4S. The number of hydrogen-bond donors (Lipinski definition) is 1. The van der Waals surface area contributed by atoms with Gasteiger partial charge in [-0.25, -0.2) is 4.79 Å². The smallest absolute Gasteiger partial charge is 0.334 e. The Hall–Kier alpha value is -0.750. The fourth-order valence-corrected chi connectivity index (χ4v) is 1.69. The molecule has 0 bridgehead atoms. The Balaban J connectivity index is 2.56. The van der Waals surface area contributed by atoms with Crippen molar-refractivity contribution in [3.63, 3.8) is 0 Å². The summed E-state index contributed by atoms with van der Waals surface area (Å²) in [6, 6.07) is -0.755. The van der Waals surface area contributed by atoms with Gasteiger partial charge in [0.15, 0.2) is 12.1 Å². The highest BCUT2D eigenvalue weighted by Crippen LogP contribution is 2.05. The van der Waals surface area contributed by atoms with Crippen LogP contribution in [0.15, 0.2) is 0 Å². The number of amides is 1. The Morgan fingerprint density at radius 1 is 1.62 bits per heavy atom. The number of carbonyl (C=O) groups excluding carboxylic acids is 2. The van der Waals surface area contributed by atoms with Gasteiger partial charge in [-0.1, -0.05) is 11.2 Å². The minimum atomic E-state index is -1.13. The van der Waals surface area contributed by atoms with Gasteiger partial charge in [-0.3, -0.25) is 4.79 Å². The zero-order valence-corrected chi connectivity index (χ0v) is 8.22. The number of cyclic esters (lactones) is 1. The van der Waals surface area contributed by atoms with E-state index in [0.717, 1.165) is 0 Å². The standard InChI is InChI=1S/C7H11NO4S/c1-4-6(9)8-5(3-13(2)11)7(10)12-4/h4-5H,3H2,1-2H3,(H,8,9)/t4-,5-,13?/m1/s1. The molecule has 6 heteroatoms. The van der Waals surface area contributed by atoms with Crippen molar-refractivity contribution in [3.05, 3.63) is 0 Å². The normalized spacial score (nSPS) is 30.7. The molecule has 1 amide bonds. The molecule has 1 rings (SSSR count). The van der Waals surface area contributed by atoms with E-state index in [4.69, 9.17) is 4.74 Å². The van der Waals surface area contributed by atoms with Gasteiger partial charge < -0.3 is 14.6 Å². The molecule has 1 fully saturated rings. The molecule has 1 aliphatic rings. The highest BCUT2D eigenvalue weighted by molar-refractivity contribution is 7.90. The van der Waals surface area contributed by atoms with Gasteiger partial charge in [-0.05, 0) is 6.92 Å². The Morgan fingerprint density at radius 2 is 2.23 bits per heavy atom. The van der Waals surface area contributed by atoms with Gasteiger partial charge >= 0.3 is 5.97 Å². The first kappa shape index (κ1) is 10.3. The first-order chi connectivity index (χ1) is 6.00. The van der Waals surface area contributed by atoms with Gasteiger partial charge in [-0.2, -0.15) is 0 Å². The monoisotopic (exact) mass is 205 g/mol. The summed E-state index contributed by atoms with van der Waals surface area (Å²) in [5.41, 5.74) is 0. The van der Waals surface area contributed by atoms with Gasteiger partial charge in [0.25, 0.3) is 5.91 Å². The zero-order chi connectivity index (χ0) is 10.0. The second-order valence-corrected chi connectivity index (χ2v) is 4.36. The molecule has 0 aromatic carbocycles. The topological polar surface area (TPSA) is 78.5 Å². The highest BCUT2D eigenvalue weighted by atomic mass is 32.2. The maximum atomic E-state index is 11.1. The van der Waals surface area contributed by atoms with Crippen molar-refractivity contribution in [3.8, 4) is 0 Å². The quantitative estimate of drug-likeness (QED) is 0.453. The molecule has 1 saturated heterocycles. The van der Waals surface area contributed by atoms with E-state index in [-0.39, 0.29) is 11.7 Å². The van der Waals surface area contributed by atoms with Crippen LogP contribution in [-0.4, -0.2) is 40.6 Å². The van der Waals surface area contributed by atoms with E-state index in [1.807, 2.05) is 0 Å². The van der Waals surface area contributed by atoms with E-state index in [1.165, 1.54) is 13.2 Å². The Bertz CT molecular complexity index is 231. The Labute approximate surface area is 79.0 Å². The lowest BCUT2D eigenvalue weighted by Crippen LogP contribution is -2.55. The van der Waals surface area contributed by atoms with E-state index < -0.39 is 29.3 Å². The maximum Gasteiger partial charge on any atom is 0.334 e. The molecule has 0 spiro atoms. The molecule has 1 unspecified atom stereocenters. The third-order valence-corrected chi connectivity index (χ3v) is 2.47. The van der Waals surface area contributed by atoms with Crippen LogP contribution in [0.2, 0.25) is 0 Å². The van der Waals surface area contributed by atoms with Crippen molar-refractivity contribution >= 4 is 23.1 Å². The molecule has 3 atom stereocenters. The Morgan fingerprint density at radius 3 is 2.77 bits per heavy atom. The van der Waals surface area contributed by atoms with E-state index in [9.17, 15) is 14.1 Å². The molecule has 74 valence electrons. The summed E-state index contributed by atoms with van der Waals surface area (Å²) in [7, 11) is 0. The highest BCUT2D eigenvalue weighted by Gasteiger charge is 2.35. The summed E-state index contributed by atoms with van der Waals surface area (Å²) < 4.78 is 15.5. The van der Waals surface area contributed by atoms with Crippen LogP contribution < -0.4 is 5.32 Å². The number of morpholine rings is 1. The summed E-state index contributed by atoms with van der Waals surface area (Å²) in [5, 5.41) is 2.44. The van der Waals surface area contributed by atoms with Crippen LogP contribution in [-0.2, 0) is 25.5 Å². The van der Waals surface area contributed by atoms with Crippen LogP contribution in [0.1, 0.15) is 6.92 Å². The minimum absolute atomic E-state index is 0.108. The molecule has 13 heavy (non-hydrogen) atoms. The summed E-state index contributed by atoms with van der Waals surface area (Å²) in [4.78, 5) is 22.2. The molecule has 0 aromatic rings. The van der Waals surface area contributed by atoms with Crippen molar-refractivity contribution < 1.29 is 18.9 Å². The lowest BCUT2D eigenvalue weighted by atomic mass is 10.2. The Kier molecular flexibility index (Phi) is 3.16. The third kappa shape index (κ3) is 2.60. The molecule has 0 saturated carbocycles. The van der Waals surface area contributed by atoms with Gasteiger partial charge in [0.05, 0.1) is 6.26 Å². The van der Waals surface area contributed by atoms with Crippen LogP contribution in [0.3, 0.4) is 0 Å². The first-order valence-electron chi connectivity index (χ1n) is 3.81. The molecule has 1 heterocycles. The van der Waals surface area contributed by atoms with E-state index in [1.54, 1.807) is 0 Å². The molecule has 1 aliphatic heterocycles. The number of carbonyl (C=O) groups is 2. The molecule has 1 N–H and O–H groups in total. The number of ether oxygens (including phenoxy) is 1. The lowest BCUT2D eigenvalue weighted by molar-refractivity contribution is -0.163. The average molecular weight is 205 g/mol. The third-order valence-electron chi connectivity index (χ3n) is 1.66. The predicted octanol–water partition coefficient (Wildman–Crippen LogP) is -1.20. The minimum Gasteiger partial charge on any atom is -0.616 e. The van der Waals surface area contributed by atoms with Crippen LogP contribution >= 0.6 is 0 Å². The number of rotatable bonds is 2. The molecular weight excluding hydrogens is 194 g/mol. The van der Waals surface area contributed by atoms with Crippen molar-refractivity contribution in [2.45, 2.75) is 19.1 Å². The largest absolute Gasteiger partial charge is 0.616 e. The number of hydrogen-bond acceptors (Lipinski definition) is 4. The summed E-state index contributed by atoms with van der Waals surface area (Å²) >= 11 is -1.13. The van der Waals surface area contributed by atoms with Gasteiger partial charge in [-0.15, -0.1) is 0 Å². The van der Waals surface area contributed by atoms with E-state index in [0.29, 0.717) is 0 Å². The van der Waals surface area contributed by atoms with Crippen LogP contribution in [0.4, 0.5) is 0 Å². The molecule has 0 radical (unpaired) electrons. The van der Waals surface area contributed by atoms with Gasteiger partial charge in [0.1, 0.15) is 5.75 Å². The van der Waals surface area contributed by atoms with Crippen molar-refractivity contribution in [2.24, 2.45) is 0 Å². The molecule has 5 nitrogen and oxygen atoms in total. The van der Waals surface area contributed by atoms with E-state index >= 15 is 0 Å². The maximum absolute atomic E-state index is 11.1. The molecule has 0 aliphatic carbocycles. The molecule has 0 aromatic heterocycles. The van der Waals surface area contributed by atoms with Crippen molar-refractivity contribution in [1.29, 1.82) is 0 Å². The van der Waals surface area contributed by atoms with E-state index in [2.05, 4.69) is 5.32 Å². The predicted molar refractivity (Wildman–Crippen MR) is 46.4 cm³/mol. The van der Waals surface area contributed by atoms with Gasteiger partial charge in [0.2, 0.25) is 0 Å². The number of esters is 1. The summed E-state index contributed by atoms with van der Waals surface area (Å²) in [6.45, 7) is 1.49.